The highest BCUT2D eigenvalue weighted by Gasteiger charge is 2.07. The Morgan fingerprint density at radius 2 is 2.23 bits per heavy atom. The van der Waals surface area contributed by atoms with Crippen molar-refractivity contribution in [2.45, 2.75) is 12.3 Å². The second kappa shape index (κ2) is 8.38. The molecule has 1 aromatic heterocycles. The number of hydrogen-bond acceptors (Lipinski definition) is 4. The maximum absolute atomic E-state index is 13.2. The lowest BCUT2D eigenvalue weighted by Gasteiger charge is -2.08. The summed E-state index contributed by atoms with van der Waals surface area (Å²) in [7, 11) is 1.54. The van der Waals surface area contributed by atoms with Gasteiger partial charge < -0.3 is 10.1 Å². The molecule has 0 saturated carbocycles. The van der Waals surface area contributed by atoms with E-state index in [2.05, 4.69) is 10.3 Å². The molecule has 1 amide bonds. The summed E-state index contributed by atoms with van der Waals surface area (Å²) in [5.41, 5.74) is 1.55. The van der Waals surface area contributed by atoms with E-state index < -0.39 is 0 Å². The smallest absolute Gasteiger partial charge is 0.230 e. The SMILES string of the molecule is COc1ccc(F)cc1CSCC(=O)NCc1ccccn1. The van der Waals surface area contributed by atoms with Gasteiger partial charge in [0.1, 0.15) is 11.6 Å². The summed E-state index contributed by atoms with van der Waals surface area (Å²) in [6.45, 7) is 0.406. The Labute approximate surface area is 133 Å². The summed E-state index contributed by atoms with van der Waals surface area (Å²) < 4.78 is 18.4. The Kier molecular flexibility index (Phi) is 6.21. The average molecular weight is 320 g/mol. The van der Waals surface area contributed by atoms with Gasteiger partial charge in [-0.3, -0.25) is 9.78 Å². The molecule has 0 bridgehead atoms. The van der Waals surface area contributed by atoms with Gasteiger partial charge in [-0.15, -0.1) is 11.8 Å². The van der Waals surface area contributed by atoms with E-state index in [1.807, 2.05) is 18.2 Å². The molecular weight excluding hydrogens is 303 g/mol. The fourth-order valence-corrected chi connectivity index (χ4v) is 2.69. The zero-order chi connectivity index (χ0) is 15.8. The molecule has 0 aliphatic heterocycles. The van der Waals surface area contributed by atoms with E-state index in [-0.39, 0.29) is 11.7 Å². The molecule has 116 valence electrons. The van der Waals surface area contributed by atoms with E-state index in [4.69, 9.17) is 4.74 Å². The highest BCUT2D eigenvalue weighted by atomic mass is 32.2. The zero-order valence-electron chi connectivity index (χ0n) is 12.2. The quantitative estimate of drug-likeness (QED) is 0.852. The Morgan fingerprint density at radius 3 is 2.95 bits per heavy atom. The van der Waals surface area contributed by atoms with Gasteiger partial charge in [-0.2, -0.15) is 0 Å². The van der Waals surface area contributed by atoms with Crippen molar-refractivity contribution in [1.29, 1.82) is 0 Å². The minimum atomic E-state index is -0.309. The van der Waals surface area contributed by atoms with Crippen molar-refractivity contribution in [3.63, 3.8) is 0 Å². The number of rotatable bonds is 7. The molecule has 0 unspecified atom stereocenters. The maximum atomic E-state index is 13.2. The zero-order valence-corrected chi connectivity index (χ0v) is 13.0. The number of halogens is 1. The van der Waals surface area contributed by atoms with Crippen LogP contribution in [-0.2, 0) is 17.1 Å². The summed E-state index contributed by atoms with van der Waals surface area (Å²) in [5, 5.41) is 2.80. The van der Waals surface area contributed by atoms with E-state index in [0.717, 1.165) is 11.3 Å². The second-order valence-electron chi connectivity index (χ2n) is 4.55. The number of methoxy groups -OCH3 is 1. The third kappa shape index (κ3) is 5.04. The number of thioether (sulfide) groups is 1. The normalized spacial score (nSPS) is 10.3. The lowest BCUT2D eigenvalue weighted by Crippen LogP contribution is -2.25. The van der Waals surface area contributed by atoms with Crippen molar-refractivity contribution in [2.75, 3.05) is 12.9 Å². The topological polar surface area (TPSA) is 51.2 Å². The molecule has 2 rings (SSSR count). The van der Waals surface area contributed by atoms with Crippen LogP contribution < -0.4 is 10.1 Å². The van der Waals surface area contributed by atoms with Crippen LogP contribution in [0.3, 0.4) is 0 Å². The van der Waals surface area contributed by atoms with Crippen LogP contribution >= 0.6 is 11.8 Å². The fourth-order valence-electron chi connectivity index (χ4n) is 1.86. The van der Waals surface area contributed by atoms with Gasteiger partial charge in [-0.05, 0) is 30.3 Å². The van der Waals surface area contributed by atoms with E-state index >= 15 is 0 Å². The van der Waals surface area contributed by atoms with Crippen LogP contribution in [0.5, 0.6) is 5.75 Å². The minimum Gasteiger partial charge on any atom is -0.496 e. The van der Waals surface area contributed by atoms with Gasteiger partial charge in [-0.1, -0.05) is 6.07 Å². The standard InChI is InChI=1S/C16H17FN2O2S/c1-21-15-6-5-13(17)8-12(15)10-22-11-16(20)19-9-14-4-2-3-7-18-14/h2-8H,9-11H2,1H3,(H,19,20). The number of ether oxygens (including phenoxy) is 1. The first-order valence-electron chi connectivity index (χ1n) is 6.76. The van der Waals surface area contributed by atoms with E-state index in [1.54, 1.807) is 19.4 Å². The molecule has 2 aromatic rings. The molecule has 22 heavy (non-hydrogen) atoms. The summed E-state index contributed by atoms with van der Waals surface area (Å²) in [4.78, 5) is 15.9. The molecule has 0 saturated heterocycles. The van der Waals surface area contributed by atoms with Gasteiger partial charge in [-0.25, -0.2) is 4.39 Å². The van der Waals surface area contributed by atoms with E-state index in [9.17, 15) is 9.18 Å². The van der Waals surface area contributed by atoms with Crippen molar-refractivity contribution < 1.29 is 13.9 Å². The van der Waals surface area contributed by atoms with Gasteiger partial charge in [0, 0.05) is 17.5 Å². The molecule has 1 heterocycles. The number of pyridine rings is 1. The molecular formula is C16H17FN2O2S. The highest BCUT2D eigenvalue weighted by molar-refractivity contribution is 7.99. The summed E-state index contributed by atoms with van der Waals surface area (Å²) in [6, 6.07) is 9.93. The molecule has 0 spiro atoms. The largest absolute Gasteiger partial charge is 0.496 e. The van der Waals surface area contributed by atoms with Gasteiger partial charge in [0.15, 0.2) is 0 Å². The number of hydrogen-bond donors (Lipinski definition) is 1. The van der Waals surface area contributed by atoms with Crippen molar-refractivity contribution in [2.24, 2.45) is 0 Å². The Hall–Kier alpha value is -2.08. The van der Waals surface area contributed by atoms with Gasteiger partial charge >= 0.3 is 0 Å². The fraction of sp³-hybridized carbons (Fsp3) is 0.250. The van der Waals surface area contributed by atoms with Crippen molar-refractivity contribution in [3.8, 4) is 5.75 Å². The highest BCUT2D eigenvalue weighted by Crippen LogP contribution is 2.23. The van der Waals surface area contributed by atoms with Crippen LogP contribution in [0.15, 0.2) is 42.6 Å². The first kappa shape index (κ1) is 16.3. The first-order valence-corrected chi connectivity index (χ1v) is 7.91. The number of benzene rings is 1. The minimum absolute atomic E-state index is 0.0778. The van der Waals surface area contributed by atoms with Crippen LogP contribution in [0.1, 0.15) is 11.3 Å². The van der Waals surface area contributed by atoms with Gasteiger partial charge in [0.05, 0.1) is 25.1 Å². The molecule has 4 nitrogen and oxygen atoms in total. The monoisotopic (exact) mass is 320 g/mol. The van der Waals surface area contributed by atoms with E-state index in [1.165, 1.54) is 23.9 Å². The Bertz CT molecular complexity index is 623. The number of aromatic nitrogens is 1. The molecule has 0 atom stereocenters. The molecule has 6 heteroatoms. The van der Waals surface area contributed by atoms with Gasteiger partial charge in [0.25, 0.3) is 0 Å². The summed E-state index contributed by atoms with van der Waals surface area (Å²) in [5.74, 6) is 1.05. The number of nitrogens with zero attached hydrogens (tertiary/aromatic N) is 1. The number of carbonyl (C=O) groups excluding carboxylic acids is 1. The van der Waals surface area contributed by atoms with Crippen LogP contribution in [0.25, 0.3) is 0 Å². The van der Waals surface area contributed by atoms with Crippen molar-refractivity contribution in [3.05, 3.63) is 59.7 Å². The van der Waals surface area contributed by atoms with Crippen LogP contribution in [0.2, 0.25) is 0 Å². The summed E-state index contributed by atoms with van der Waals surface area (Å²) >= 11 is 1.41. The molecule has 1 aromatic carbocycles. The molecule has 0 radical (unpaired) electrons. The number of amides is 1. The maximum Gasteiger partial charge on any atom is 0.230 e. The Morgan fingerprint density at radius 1 is 1.36 bits per heavy atom. The van der Waals surface area contributed by atoms with Crippen molar-refractivity contribution >= 4 is 17.7 Å². The first-order chi connectivity index (χ1) is 10.7. The lowest BCUT2D eigenvalue weighted by molar-refractivity contribution is -0.118. The third-order valence-electron chi connectivity index (χ3n) is 2.93. The predicted molar refractivity (Wildman–Crippen MR) is 85.2 cm³/mol. The summed E-state index contributed by atoms with van der Waals surface area (Å²) in [6.07, 6.45) is 1.69. The van der Waals surface area contributed by atoms with Crippen LogP contribution in [0.4, 0.5) is 4.39 Å². The average Bonchev–Trinajstić information content (AvgIpc) is 2.54. The Balaban J connectivity index is 1.76. The molecule has 0 aliphatic carbocycles. The van der Waals surface area contributed by atoms with Crippen LogP contribution in [0, 0.1) is 5.82 Å². The molecule has 0 aliphatic rings. The van der Waals surface area contributed by atoms with Crippen LogP contribution in [-0.4, -0.2) is 23.8 Å². The van der Waals surface area contributed by atoms with E-state index in [0.29, 0.717) is 23.8 Å². The molecule has 0 fully saturated rings. The predicted octanol–water partition coefficient (Wildman–Crippen LogP) is 2.78. The number of carbonyl (C=O) groups is 1. The van der Waals surface area contributed by atoms with Gasteiger partial charge in [0.2, 0.25) is 5.91 Å². The lowest BCUT2D eigenvalue weighted by atomic mass is 10.2. The third-order valence-corrected chi connectivity index (χ3v) is 3.91. The molecule has 1 N–H and O–H groups in total. The second-order valence-corrected chi connectivity index (χ2v) is 5.53. The van der Waals surface area contributed by atoms with Crippen molar-refractivity contribution in [1.82, 2.24) is 10.3 Å². The number of nitrogens with one attached hydrogen (secondary N) is 1.